The van der Waals surface area contributed by atoms with Crippen molar-refractivity contribution in [2.45, 2.75) is 18.8 Å². The Morgan fingerprint density at radius 2 is 1.42 bits per heavy atom. The van der Waals surface area contributed by atoms with Gasteiger partial charge in [0.15, 0.2) is 0 Å². The van der Waals surface area contributed by atoms with Crippen LogP contribution in [-0.2, 0) is 11.8 Å². The van der Waals surface area contributed by atoms with E-state index < -0.39 is 0 Å². The number of hydrogen-bond donors (Lipinski definition) is 0. The van der Waals surface area contributed by atoms with Crippen molar-refractivity contribution in [2.75, 3.05) is 10.7 Å². The van der Waals surface area contributed by atoms with Gasteiger partial charge in [0.05, 0.1) is 0 Å². The van der Waals surface area contributed by atoms with Crippen LogP contribution in [0.15, 0.2) is 54.6 Å². The van der Waals surface area contributed by atoms with Gasteiger partial charge in [-0.1, -0.05) is 86.5 Å². The van der Waals surface area contributed by atoms with Crippen LogP contribution in [0.25, 0.3) is 0 Å². The maximum Gasteiger partial charge on any atom is 0.0187 e. The molecule has 2 rings (SSSR count). The summed E-state index contributed by atoms with van der Waals surface area (Å²) >= 11 is 7.44. The summed E-state index contributed by atoms with van der Waals surface area (Å²) in [6, 6.07) is 19.4. The molecule has 0 heterocycles. The van der Waals surface area contributed by atoms with Crippen LogP contribution in [0.2, 0.25) is 0 Å². The summed E-state index contributed by atoms with van der Waals surface area (Å²) in [4.78, 5) is 0. The van der Waals surface area contributed by atoms with Crippen molar-refractivity contribution in [3.63, 3.8) is 0 Å². The predicted octanol–water partition coefficient (Wildman–Crippen LogP) is 5.27. The van der Waals surface area contributed by atoms with Crippen molar-refractivity contribution >= 4 is 31.9 Å². The van der Waals surface area contributed by atoms with Gasteiger partial charge in [0.2, 0.25) is 0 Å². The molecule has 2 aromatic carbocycles. The first-order chi connectivity index (χ1) is 9.22. The number of rotatable bonds is 5. The van der Waals surface area contributed by atoms with Crippen molar-refractivity contribution in [2.24, 2.45) is 0 Å². The van der Waals surface area contributed by atoms with E-state index in [1.807, 2.05) is 0 Å². The van der Waals surface area contributed by atoms with E-state index in [1.165, 1.54) is 16.7 Å². The topological polar surface area (TPSA) is 0 Å². The highest BCUT2D eigenvalue weighted by Crippen LogP contribution is 2.33. The standard InChI is InChI=1S/C17H18Br2/c1-14-7-5-6-8-15(14)11-17(12-18,13-19)16-9-3-2-4-10-16/h2-10H,11-13H2,1H3. The molecule has 0 spiro atoms. The molecule has 0 aromatic heterocycles. The SMILES string of the molecule is Cc1ccccc1CC(CBr)(CBr)c1ccccc1. The first kappa shape index (κ1) is 14.8. The predicted molar refractivity (Wildman–Crippen MR) is 90.6 cm³/mol. The Morgan fingerprint density at radius 1 is 0.842 bits per heavy atom. The minimum absolute atomic E-state index is 0.105. The maximum atomic E-state index is 3.72. The molecular weight excluding hydrogens is 364 g/mol. The molecule has 0 aliphatic carbocycles. The molecule has 0 atom stereocenters. The molecule has 0 radical (unpaired) electrons. The second-order valence-electron chi connectivity index (χ2n) is 5.02. The zero-order chi connectivity index (χ0) is 13.7. The van der Waals surface area contributed by atoms with E-state index in [4.69, 9.17) is 0 Å². The highest BCUT2D eigenvalue weighted by molar-refractivity contribution is 9.09. The number of hydrogen-bond acceptors (Lipinski definition) is 0. The lowest BCUT2D eigenvalue weighted by Gasteiger charge is -2.31. The molecule has 0 aliphatic rings. The lowest BCUT2D eigenvalue weighted by Crippen LogP contribution is -2.33. The molecule has 2 heteroatoms. The second-order valence-corrected chi connectivity index (χ2v) is 6.14. The normalized spacial score (nSPS) is 11.5. The van der Waals surface area contributed by atoms with E-state index >= 15 is 0 Å². The number of alkyl halides is 2. The van der Waals surface area contributed by atoms with Crippen LogP contribution in [0.3, 0.4) is 0 Å². The van der Waals surface area contributed by atoms with Gasteiger partial charge in [-0.05, 0) is 30.0 Å². The molecule has 0 nitrogen and oxygen atoms in total. The third kappa shape index (κ3) is 3.29. The smallest absolute Gasteiger partial charge is 0.0187 e. The second kappa shape index (κ2) is 6.71. The summed E-state index contributed by atoms with van der Waals surface area (Å²) in [5.74, 6) is 0. The molecule has 0 saturated heterocycles. The minimum atomic E-state index is 0.105. The van der Waals surface area contributed by atoms with Crippen molar-refractivity contribution in [3.8, 4) is 0 Å². The van der Waals surface area contributed by atoms with E-state index in [2.05, 4.69) is 93.4 Å². The Morgan fingerprint density at radius 3 is 2.00 bits per heavy atom. The maximum absolute atomic E-state index is 3.72. The average Bonchev–Trinajstić information content (AvgIpc) is 2.48. The highest BCUT2D eigenvalue weighted by atomic mass is 79.9. The van der Waals surface area contributed by atoms with E-state index in [-0.39, 0.29) is 5.41 Å². The fraction of sp³-hybridized carbons (Fsp3) is 0.294. The van der Waals surface area contributed by atoms with Crippen LogP contribution in [0, 0.1) is 6.92 Å². The molecule has 2 aromatic rings. The Kier molecular flexibility index (Phi) is 5.23. The Hall–Kier alpha value is -0.600. The number of aryl methyl sites for hydroxylation is 1. The van der Waals surface area contributed by atoms with Gasteiger partial charge >= 0.3 is 0 Å². The van der Waals surface area contributed by atoms with E-state index in [0.717, 1.165) is 17.1 Å². The lowest BCUT2D eigenvalue weighted by molar-refractivity contribution is 0.549. The van der Waals surface area contributed by atoms with Gasteiger partial charge in [0.1, 0.15) is 0 Å². The minimum Gasteiger partial charge on any atom is -0.0918 e. The van der Waals surface area contributed by atoms with Crippen LogP contribution < -0.4 is 0 Å². The van der Waals surface area contributed by atoms with E-state index in [9.17, 15) is 0 Å². The van der Waals surface area contributed by atoms with E-state index in [0.29, 0.717) is 0 Å². The number of benzene rings is 2. The Bertz CT molecular complexity index is 516. The van der Waals surface area contributed by atoms with Crippen molar-refractivity contribution in [1.82, 2.24) is 0 Å². The fourth-order valence-corrected chi connectivity index (χ4v) is 4.32. The lowest BCUT2D eigenvalue weighted by atomic mass is 9.78. The first-order valence-corrected chi connectivity index (χ1v) is 8.68. The summed E-state index contributed by atoms with van der Waals surface area (Å²) < 4.78 is 0. The Labute approximate surface area is 132 Å². The molecule has 0 bridgehead atoms. The van der Waals surface area contributed by atoms with Crippen LogP contribution in [-0.4, -0.2) is 10.7 Å². The van der Waals surface area contributed by atoms with Gasteiger partial charge in [-0.2, -0.15) is 0 Å². The summed E-state index contributed by atoms with van der Waals surface area (Å²) in [5, 5.41) is 1.90. The molecule has 0 N–H and O–H groups in total. The van der Waals surface area contributed by atoms with Crippen molar-refractivity contribution in [1.29, 1.82) is 0 Å². The molecule has 19 heavy (non-hydrogen) atoms. The Balaban J connectivity index is 2.38. The van der Waals surface area contributed by atoms with Crippen LogP contribution in [0.1, 0.15) is 16.7 Å². The monoisotopic (exact) mass is 380 g/mol. The van der Waals surface area contributed by atoms with Crippen molar-refractivity contribution in [3.05, 3.63) is 71.3 Å². The summed E-state index contributed by atoms with van der Waals surface area (Å²) in [5.41, 5.74) is 4.27. The third-order valence-corrected chi connectivity index (χ3v) is 5.83. The molecule has 0 saturated carbocycles. The van der Waals surface area contributed by atoms with Crippen LogP contribution in [0.5, 0.6) is 0 Å². The molecular formula is C17H18Br2. The van der Waals surface area contributed by atoms with Gasteiger partial charge in [0, 0.05) is 16.1 Å². The van der Waals surface area contributed by atoms with E-state index in [1.54, 1.807) is 0 Å². The summed E-state index contributed by atoms with van der Waals surface area (Å²) in [7, 11) is 0. The fourth-order valence-electron chi connectivity index (χ4n) is 2.35. The highest BCUT2D eigenvalue weighted by Gasteiger charge is 2.30. The van der Waals surface area contributed by atoms with Crippen molar-refractivity contribution < 1.29 is 0 Å². The zero-order valence-corrected chi connectivity index (χ0v) is 14.2. The van der Waals surface area contributed by atoms with Crippen LogP contribution >= 0.6 is 31.9 Å². The van der Waals surface area contributed by atoms with Gasteiger partial charge in [-0.15, -0.1) is 0 Å². The van der Waals surface area contributed by atoms with Gasteiger partial charge in [0.25, 0.3) is 0 Å². The molecule has 0 aliphatic heterocycles. The molecule has 0 fully saturated rings. The number of halogens is 2. The van der Waals surface area contributed by atoms with Crippen LogP contribution in [0.4, 0.5) is 0 Å². The quantitative estimate of drug-likeness (QED) is 0.619. The molecule has 0 amide bonds. The average molecular weight is 382 g/mol. The summed E-state index contributed by atoms with van der Waals surface area (Å²) in [6.07, 6.45) is 1.04. The molecule has 100 valence electrons. The molecule has 0 unspecified atom stereocenters. The zero-order valence-electron chi connectivity index (χ0n) is 11.1. The van der Waals surface area contributed by atoms with Gasteiger partial charge < -0.3 is 0 Å². The third-order valence-electron chi connectivity index (χ3n) is 3.69. The van der Waals surface area contributed by atoms with Gasteiger partial charge in [-0.25, -0.2) is 0 Å². The first-order valence-electron chi connectivity index (χ1n) is 6.44. The largest absolute Gasteiger partial charge is 0.0918 e. The summed E-state index contributed by atoms with van der Waals surface area (Å²) in [6.45, 7) is 2.19. The van der Waals surface area contributed by atoms with Gasteiger partial charge in [-0.3, -0.25) is 0 Å².